The zero-order chi connectivity index (χ0) is 17.2. The van der Waals surface area contributed by atoms with Crippen molar-refractivity contribution < 1.29 is 9.53 Å². The van der Waals surface area contributed by atoms with E-state index in [0.29, 0.717) is 19.7 Å². The van der Waals surface area contributed by atoms with E-state index in [1.807, 2.05) is 28.0 Å². The molecule has 2 amide bonds. The molecule has 1 N–H and O–H groups in total. The molecule has 6 heteroatoms. The topological polar surface area (TPSA) is 59.4 Å². The summed E-state index contributed by atoms with van der Waals surface area (Å²) >= 11 is 0. The Bertz CT molecular complexity index is 757. The van der Waals surface area contributed by atoms with Crippen molar-refractivity contribution >= 4 is 6.03 Å². The molecule has 6 nitrogen and oxygen atoms in total. The zero-order valence-corrected chi connectivity index (χ0v) is 14.5. The van der Waals surface area contributed by atoms with Gasteiger partial charge in [-0.2, -0.15) is 5.10 Å². The van der Waals surface area contributed by atoms with Crippen molar-refractivity contribution in [3.8, 4) is 0 Å². The average molecular weight is 340 g/mol. The smallest absolute Gasteiger partial charge is 0.318 e. The maximum absolute atomic E-state index is 12.7. The van der Waals surface area contributed by atoms with Gasteiger partial charge in [-0.3, -0.25) is 4.68 Å². The van der Waals surface area contributed by atoms with Crippen LogP contribution >= 0.6 is 0 Å². The van der Waals surface area contributed by atoms with Crippen LogP contribution in [0.4, 0.5) is 4.79 Å². The highest BCUT2D eigenvalue weighted by Gasteiger charge is 2.29. The number of hydrogen-bond acceptors (Lipinski definition) is 3. The molecule has 4 rings (SSSR count). The van der Waals surface area contributed by atoms with E-state index in [-0.39, 0.29) is 18.2 Å². The lowest BCUT2D eigenvalue weighted by atomic mass is 10.1. The number of amides is 2. The molecule has 2 atom stereocenters. The summed E-state index contributed by atoms with van der Waals surface area (Å²) in [6.45, 7) is 4.63. The summed E-state index contributed by atoms with van der Waals surface area (Å²) in [4.78, 5) is 14.6. The lowest BCUT2D eigenvalue weighted by Crippen LogP contribution is -2.47. The molecule has 25 heavy (non-hydrogen) atoms. The van der Waals surface area contributed by atoms with Crippen molar-refractivity contribution in [2.45, 2.75) is 38.5 Å². The van der Waals surface area contributed by atoms with Crippen LogP contribution in [0.25, 0.3) is 0 Å². The lowest BCUT2D eigenvalue weighted by molar-refractivity contribution is -0.0158. The lowest BCUT2D eigenvalue weighted by Gasteiger charge is -2.33. The van der Waals surface area contributed by atoms with Crippen LogP contribution in [-0.2, 0) is 17.7 Å². The molecule has 132 valence electrons. The molecule has 0 saturated carbocycles. The molecule has 1 aromatic heterocycles. The molecule has 1 saturated heterocycles. The van der Waals surface area contributed by atoms with Gasteiger partial charge in [0.25, 0.3) is 0 Å². The van der Waals surface area contributed by atoms with Gasteiger partial charge in [0.1, 0.15) is 6.10 Å². The number of rotatable bonds is 3. The van der Waals surface area contributed by atoms with Gasteiger partial charge in [0, 0.05) is 24.8 Å². The largest absolute Gasteiger partial charge is 0.370 e. The quantitative estimate of drug-likeness (QED) is 0.934. The van der Waals surface area contributed by atoms with Gasteiger partial charge in [0.05, 0.1) is 25.4 Å². The third kappa shape index (κ3) is 3.26. The number of fused-ring (bicyclic) bond motifs is 1. The minimum absolute atomic E-state index is 0.00196. The third-order valence-electron chi connectivity index (χ3n) is 5.13. The zero-order valence-electron chi connectivity index (χ0n) is 14.5. The van der Waals surface area contributed by atoms with Crippen LogP contribution in [0.3, 0.4) is 0 Å². The molecule has 2 heterocycles. The number of nitrogens with zero attached hydrogens (tertiary/aromatic N) is 3. The summed E-state index contributed by atoms with van der Waals surface area (Å²) in [5.74, 6) is 0. The van der Waals surface area contributed by atoms with Gasteiger partial charge in [-0.05, 0) is 30.9 Å². The first-order chi connectivity index (χ1) is 12.2. The van der Waals surface area contributed by atoms with Gasteiger partial charge < -0.3 is 15.0 Å². The Balaban J connectivity index is 1.40. The Labute approximate surface area is 147 Å². The van der Waals surface area contributed by atoms with Crippen molar-refractivity contribution in [3.63, 3.8) is 0 Å². The number of aryl methyl sites for hydroxylation is 2. The van der Waals surface area contributed by atoms with Gasteiger partial charge in [-0.1, -0.05) is 24.3 Å². The van der Waals surface area contributed by atoms with Crippen molar-refractivity contribution in [2.24, 2.45) is 0 Å². The molecular formula is C19H24N4O2. The average Bonchev–Trinajstić information content (AvgIpc) is 3.29. The highest BCUT2D eigenvalue weighted by molar-refractivity contribution is 5.75. The normalized spacial score (nSPS) is 22.7. The van der Waals surface area contributed by atoms with E-state index >= 15 is 0 Å². The van der Waals surface area contributed by atoms with Crippen molar-refractivity contribution in [2.75, 3.05) is 19.7 Å². The number of ether oxygens (including phenoxy) is 1. The molecule has 0 unspecified atom stereocenters. The van der Waals surface area contributed by atoms with Gasteiger partial charge in [0.15, 0.2) is 0 Å². The van der Waals surface area contributed by atoms with E-state index in [0.717, 1.165) is 24.9 Å². The third-order valence-corrected chi connectivity index (χ3v) is 5.13. The number of aromatic nitrogens is 2. The molecular weight excluding hydrogens is 316 g/mol. The highest BCUT2D eigenvalue weighted by Crippen LogP contribution is 2.31. The molecule has 0 spiro atoms. The molecule has 0 radical (unpaired) electrons. The van der Waals surface area contributed by atoms with E-state index in [4.69, 9.17) is 4.74 Å². The maximum Gasteiger partial charge on any atom is 0.318 e. The molecule has 1 aliphatic carbocycles. The molecule has 2 aliphatic rings. The molecule has 1 aliphatic heterocycles. The summed E-state index contributed by atoms with van der Waals surface area (Å²) in [6.07, 6.45) is 5.74. The molecule has 1 aromatic carbocycles. The van der Waals surface area contributed by atoms with Gasteiger partial charge in [-0.15, -0.1) is 0 Å². The molecule has 0 bridgehead atoms. The monoisotopic (exact) mass is 340 g/mol. The first kappa shape index (κ1) is 16.1. The van der Waals surface area contributed by atoms with Gasteiger partial charge >= 0.3 is 6.03 Å². The number of hydrogen-bond donors (Lipinski definition) is 1. The number of benzene rings is 1. The second-order valence-electron chi connectivity index (χ2n) is 6.67. The first-order valence-corrected chi connectivity index (χ1v) is 9.02. The fourth-order valence-corrected chi connectivity index (χ4v) is 3.70. The van der Waals surface area contributed by atoms with Crippen LogP contribution < -0.4 is 5.32 Å². The SMILES string of the molecule is CCn1cc([C@@H]2CN(C(=O)N[C@@H]3CCc4ccccc43)CCO2)cn1. The van der Waals surface area contributed by atoms with E-state index in [1.54, 1.807) is 0 Å². The maximum atomic E-state index is 12.7. The Kier molecular flexibility index (Phi) is 4.44. The van der Waals surface area contributed by atoms with Crippen LogP contribution in [0.15, 0.2) is 36.7 Å². The number of nitrogens with one attached hydrogen (secondary N) is 1. The summed E-state index contributed by atoms with van der Waals surface area (Å²) < 4.78 is 7.74. The van der Waals surface area contributed by atoms with E-state index in [1.165, 1.54) is 11.1 Å². The molecule has 1 fully saturated rings. The molecule has 2 aromatic rings. The van der Waals surface area contributed by atoms with Crippen molar-refractivity contribution in [1.82, 2.24) is 20.0 Å². The van der Waals surface area contributed by atoms with Crippen LogP contribution in [0, 0.1) is 0 Å². The fraction of sp³-hybridized carbons (Fsp3) is 0.474. The van der Waals surface area contributed by atoms with Crippen LogP contribution in [-0.4, -0.2) is 40.4 Å². The number of urea groups is 1. The number of carbonyl (C=O) groups excluding carboxylic acids is 1. The predicted molar refractivity (Wildman–Crippen MR) is 94.2 cm³/mol. The van der Waals surface area contributed by atoms with Gasteiger partial charge in [-0.25, -0.2) is 4.79 Å². The Morgan fingerprint density at radius 1 is 1.40 bits per heavy atom. The second-order valence-corrected chi connectivity index (χ2v) is 6.67. The minimum atomic E-state index is -0.101. The number of carbonyl (C=O) groups is 1. The summed E-state index contributed by atoms with van der Waals surface area (Å²) in [5.41, 5.74) is 3.63. The number of morpholine rings is 1. The van der Waals surface area contributed by atoms with Gasteiger partial charge in [0.2, 0.25) is 0 Å². The second kappa shape index (κ2) is 6.88. The Morgan fingerprint density at radius 2 is 2.28 bits per heavy atom. The Morgan fingerprint density at radius 3 is 3.12 bits per heavy atom. The van der Waals surface area contributed by atoms with Crippen LogP contribution in [0.2, 0.25) is 0 Å². The Hall–Kier alpha value is -2.34. The standard InChI is InChI=1S/C19H24N4O2/c1-2-23-12-15(11-20-23)18-13-22(9-10-25-18)19(24)21-17-8-7-14-5-3-4-6-16(14)17/h3-6,11-12,17-18H,2,7-10,13H2,1H3,(H,21,24)/t17-,18+/m1/s1. The van der Waals surface area contributed by atoms with Crippen molar-refractivity contribution in [1.29, 1.82) is 0 Å². The highest BCUT2D eigenvalue weighted by atomic mass is 16.5. The van der Waals surface area contributed by atoms with E-state index in [9.17, 15) is 4.79 Å². The summed E-state index contributed by atoms with van der Waals surface area (Å²) in [7, 11) is 0. The first-order valence-electron chi connectivity index (χ1n) is 9.02. The summed E-state index contributed by atoms with van der Waals surface area (Å²) in [6, 6.07) is 8.49. The van der Waals surface area contributed by atoms with Crippen LogP contribution in [0.5, 0.6) is 0 Å². The van der Waals surface area contributed by atoms with Crippen molar-refractivity contribution in [3.05, 3.63) is 53.3 Å². The fourth-order valence-electron chi connectivity index (χ4n) is 3.70. The summed E-state index contributed by atoms with van der Waals surface area (Å²) in [5, 5.41) is 7.51. The van der Waals surface area contributed by atoms with E-state index in [2.05, 4.69) is 35.5 Å². The van der Waals surface area contributed by atoms with E-state index < -0.39 is 0 Å². The minimum Gasteiger partial charge on any atom is -0.370 e. The predicted octanol–water partition coefficient (Wildman–Crippen LogP) is 2.67. The van der Waals surface area contributed by atoms with Crippen LogP contribution in [0.1, 0.15) is 42.2 Å².